The maximum Gasteiger partial charge on any atom is 0.252 e. The third kappa shape index (κ3) is 6.21. The van der Waals surface area contributed by atoms with Crippen LogP contribution in [0.5, 0.6) is 0 Å². The summed E-state index contributed by atoms with van der Waals surface area (Å²) >= 11 is 1.96. The highest BCUT2D eigenvalue weighted by Gasteiger charge is 2.44. The molecule has 0 N–H and O–H groups in total. The van der Waals surface area contributed by atoms with Crippen LogP contribution in [0.2, 0.25) is 0 Å². The molecule has 1 aliphatic carbocycles. The molecule has 3 aliphatic rings. The fourth-order valence-electron chi connectivity index (χ4n) is 10.1. The monoisotopic (exact) mass is 806 g/mol. The standard InChI is InChI=1S/C57H51BN2S/c1-36-32-50-55-51(33-36)60(43-28-22-39(23-29-43)44-17-13-19-53-54(44)45-16-11-12-18-52(45)61-53)49-35-41(57(5,6)7)24-30-46(49)58(55)47-34-40(56(2,3)4)25-31-48(47)59(50)42-26-20-38(21-27-42)37-14-9-8-10-15-37/h8-12,14-18,20-35H,13,19H2,1-7H3. The van der Waals surface area contributed by atoms with E-state index in [2.05, 4.69) is 216 Å². The minimum absolute atomic E-state index is 0.00120. The first-order chi connectivity index (χ1) is 29.4. The van der Waals surface area contributed by atoms with Gasteiger partial charge in [-0.2, -0.15) is 0 Å². The Balaban J connectivity index is 1.12. The topological polar surface area (TPSA) is 6.48 Å². The van der Waals surface area contributed by atoms with Crippen molar-refractivity contribution in [1.29, 1.82) is 0 Å². The quantitative estimate of drug-likeness (QED) is 0.164. The molecular weight excluding hydrogens is 756 g/mol. The number of aryl methyl sites for hydroxylation is 2. The van der Waals surface area contributed by atoms with Gasteiger partial charge < -0.3 is 9.80 Å². The zero-order chi connectivity index (χ0) is 41.8. The van der Waals surface area contributed by atoms with E-state index in [4.69, 9.17) is 0 Å². The Labute approximate surface area is 365 Å². The van der Waals surface area contributed by atoms with Gasteiger partial charge in [-0.05, 0) is 141 Å². The number of anilines is 6. The van der Waals surface area contributed by atoms with Gasteiger partial charge >= 0.3 is 0 Å². The third-order valence-corrected chi connectivity index (χ3v) is 14.5. The van der Waals surface area contributed by atoms with Crippen molar-refractivity contribution in [3.05, 3.63) is 190 Å². The molecule has 298 valence electrons. The van der Waals surface area contributed by atoms with Gasteiger partial charge in [-0.1, -0.05) is 145 Å². The lowest BCUT2D eigenvalue weighted by molar-refractivity contribution is 0.590. The number of hydrogen-bond acceptors (Lipinski definition) is 3. The van der Waals surface area contributed by atoms with Crippen LogP contribution in [0, 0.1) is 6.92 Å². The van der Waals surface area contributed by atoms with E-state index >= 15 is 0 Å². The number of allylic oxidation sites excluding steroid dienone is 1. The molecule has 0 bridgehead atoms. The van der Waals surface area contributed by atoms with E-state index < -0.39 is 0 Å². The number of thiophene rings is 1. The van der Waals surface area contributed by atoms with Crippen molar-refractivity contribution in [2.45, 2.75) is 72.1 Å². The van der Waals surface area contributed by atoms with Gasteiger partial charge in [0.25, 0.3) is 6.71 Å². The lowest BCUT2D eigenvalue weighted by atomic mass is 9.33. The molecular formula is C57H51BN2S. The molecule has 0 fully saturated rings. The summed E-state index contributed by atoms with van der Waals surface area (Å²) in [5.41, 5.74) is 21.9. The predicted octanol–water partition coefficient (Wildman–Crippen LogP) is 13.9. The van der Waals surface area contributed by atoms with E-state index in [1.165, 1.54) is 110 Å². The number of nitrogens with zero attached hydrogens (tertiary/aromatic N) is 2. The maximum absolute atomic E-state index is 2.58. The first kappa shape index (κ1) is 37.9. The van der Waals surface area contributed by atoms with E-state index in [9.17, 15) is 0 Å². The van der Waals surface area contributed by atoms with Gasteiger partial charge in [0, 0.05) is 54.7 Å². The van der Waals surface area contributed by atoms with Crippen molar-refractivity contribution in [2.75, 3.05) is 9.80 Å². The number of hydrogen-bond donors (Lipinski definition) is 0. The molecule has 0 saturated heterocycles. The molecule has 1 aromatic heterocycles. The minimum Gasteiger partial charge on any atom is -0.311 e. The van der Waals surface area contributed by atoms with Crippen LogP contribution in [0.3, 0.4) is 0 Å². The minimum atomic E-state index is -0.0103. The van der Waals surface area contributed by atoms with Crippen LogP contribution in [-0.2, 0) is 17.3 Å². The Hall–Kier alpha value is -6.10. The summed E-state index contributed by atoms with van der Waals surface area (Å²) in [5.74, 6) is 0. The smallest absolute Gasteiger partial charge is 0.252 e. The van der Waals surface area contributed by atoms with Gasteiger partial charge in [0.2, 0.25) is 0 Å². The molecule has 0 spiro atoms. The summed E-state index contributed by atoms with van der Waals surface area (Å²) < 4.78 is 1.38. The molecule has 8 aromatic rings. The summed E-state index contributed by atoms with van der Waals surface area (Å²) in [7, 11) is 0. The van der Waals surface area contributed by atoms with Crippen molar-refractivity contribution >= 4 is 84.2 Å². The second-order valence-electron chi connectivity index (χ2n) is 19.4. The number of fused-ring (bicyclic) bond motifs is 7. The molecule has 0 atom stereocenters. The van der Waals surface area contributed by atoms with Crippen molar-refractivity contribution in [2.24, 2.45) is 0 Å². The molecule has 11 rings (SSSR count). The van der Waals surface area contributed by atoms with Crippen molar-refractivity contribution in [1.82, 2.24) is 0 Å². The Bertz CT molecular complexity index is 3050. The van der Waals surface area contributed by atoms with Crippen LogP contribution < -0.4 is 26.2 Å². The van der Waals surface area contributed by atoms with E-state index in [0.29, 0.717) is 0 Å². The highest BCUT2D eigenvalue weighted by molar-refractivity contribution is 7.19. The molecule has 7 aromatic carbocycles. The average molecular weight is 807 g/mol. The largest absolute Gasteiger partial charge is 0.311 e. The van der Waals surface area contributed by atoms with E-state index in [0.717, 1.165) is 12.8 Å². The Morgan fingerprint density at radius 2 is 1.11 bits per heavy atom. The van der Waals surface area contributed by atoms with Crippen LogP contribution in [0.15, 0.2) is 158 Å². The molecule has 3 heterocycles. The second-order valence-corrected chi connectivity index (χ2v) is 20.5. The highest BCUT2D eigenvalue weighted by atomic mass is 32.1. The first-order valence-electron chi connectivity index (χ1n) is 21.9. The van der Waals surface area contributed by atoms with E-state index in [1.54, 1.807) is 0 Å². The van der Waals surface area contributed by atoms with Gasteiger partial charge in [0.05, 0.1) is 0 Å². The van der Waals surface area contributed by atoms with Crippen molar-refractivity contribution < 1.29 is 0 Å². The molecule has 0 saturated carbocycles. The predicted molar refractivity (Wildman–Crippen MR) is 265 cm³/mol. The van der Waals surface area contributed by atoms with Crippen LogP contribution in [0.25, 0.3) is 26.8 Å². The van der Waals surface area contributed by atoms with Crippen LogP contribution in [-0.4, -0.2) is 6.71 Å². The second kappa shape index (κ2) is 14.0. The fourth-order valence-corrected chi connectivity index (χ4v) is 11.4. The van der Waals surface area contributed by atoms with Crippen LogP contribution >= 0.6 is 11.3 Å². The number of benzene rings is 7. The third-order valence-electron chi connectivity index (χ3n) is 13.3. The summed E-state index contributed by atoms with van der Waals surface area (Å²) in [6.45, 7) is 16.3. The van der Waals surface area contributed by atoms with Crippen molar-refractivity contribution in [3.63, 3.8) is 0 Å². The molecule has 2 nitrogen and oxygen atoms in total. The van der Waals surface area contributed by atoms with Crippen LogP contribution in [0.4, 0.5) is 34.1 Å². The zero-order valence-electron chi connectivity index (χ0n) is 36.3. The normalized spacial score (nSPS) is 14.3. The van der Waals surface area contributed by atoms with Gasteiger partial charge in [0.1, 0.15) is 0 Å². The lowest BCUT2D eigenvalue weighted by Gasteiger charge is -2.45. The molecule has 61 heavy (non-hydrogen) atoms. The summed E-state index contributed by atoms with van der Waals surface area (Å²) in [5, 5.41) is 1.38. The number of rotatable bonds is 4. The summed E-state index contributed by atoms with van der Waals surface area (Å²) in [6.07, 6.45) is 4.66. The molecule has 0 unspecified atom stereocenters. The summed E-state index contributed by atoms with van der Waals surface area (Å²) in [6, 6.07) is 57.7. The average Bonchev–Trinajstić information content (AvgIpc) is 3.65. The first-order valence-corrected chi connectivity index (χ1v) is 22.7. The molecule has 4 heteroatoms. The van der Waals surface area contributed by atoms with Gasteiger partial charge in [-0.3, -0.25) is 0 Å². The van der Waals surface area contributed by atoms with Gasteiger partial charge in [0.15, 0.2) is 0 Å². The fraction of sp³-hybridized carbons (Fsp3) is 0.193. The van der Waals surface area contributed by atoms with Gasteiger partial charge in [-0.25, -0.2) is 0 Å². The summed E-state index contributed by atoms with van der Waals surface area (Å²) in [4.78, 5) is 6.62. The Morgan fingerprint density at radius 3 is 1.80 bits per heavy atom. The van der Waals surface area contributed by atoms with Gasteiger partial charge in [-0.15, -0.1) is 11.3 Å². The molecule has 2 aliphatic heterocycles. The lowest BCUT2D eigenvalue weighted by Crippen LogP contribution is -2.61. The van der Waals surface area contributed by atoms with E-state index in [1.807, 2.05) is 11.3 Å². The zero-order valence-corrected chi connectivity index (χ0v) is 37.1. The SMILES string of the molecule is Cc1cc2c3c(c1)N(c1ccc(C4=CCCc5sc6ccccc6c54)cc1)c1cc(C(C)(C)C)ccc1B3c1cc(C(C)(C)C)ccc1N2c1ccc(-c2ccccc2)cc1. The van der Waals surface area contributed by atoms with E-state index in [-0.39, 0.29) is 17.5 Å². The van der Waals surface area contributed by atoms with Crippen molar-refractivity contribution in [3.8, 4) is 11.1 Å². The molecule has 0 amide bonds. The Morgan fingerprint density at radius 1 is 0.525 bits per heavy atom. The highest BCUT2D eigenvalue weighted by Crippen LogP contribution is 2.47. The molecule has 0 radical (unpaired) electrons. The van der Waals surface area contributed by atoms with Crippen LogP contribution in [0.1, 0.15) is 80.7 Å². The Kier molecular flexibility index (Phi) is 8.68. The maximum atomic E-state index is 2.58.